The topological polar surface area (TPSA) is 29.1 Å². The molecule has 1 aromatic rings. The monoisotopic (exact) mass is 223 g/mol. The Morgan fingerprint density at radius 3 is 2.80 bits per heavy atom. The van der Waals surface area contributed by atoms with E-state index in [9.17, 15) is 4.79 Å². The first-order chi connectivity index (χ1) is 7.29. The molecule has 0 radical (unpaired) electrons. The van der Waals surface area contributed by atoms with Gasteiger partial charge in [0.15, 0.2) is 0 Å². The molecule has 0 fully saturated rings. The van der Waals surface area contributed by atoms with Crippen LogP contribution in [0.4, 0.5) is 5.69 Å². The maximum atomic E-state index is 11.0. The molecule has 1 amide bonds. The van der Waals surface area contributed by atoms with Crippen molar-refractivity contribution >= 4 is 23.4 Å². The van der Waals surface area contributed by atoms with Crippen LogP contribution >= 0.6 is 11.8 Å². The lowest BCUT2D eigenvalue weighted by Crippen LogP contribution is -2.18. The van der Waals surface area contributed by atoms with Crippen LogP contribution < -0.4 is 5.32 Å². The lowest BCUT2D eigenvalue weighted by atomic mass is 10.1. The van der Waals surface area contributed by atoms with Gasteiger partial charge in [-0.1, -0.05) is 26.8 Å². The average molecular weight is 223 g/mol. The molecule has 82 valence electrons. The smallest absolute Gasteiger partial charge is 0.234 e. The standard InChI is InChI=1S/C10H11NOS.C2H6/c1-2-7-3-4-8-9(5-7)13-6-10(12)11-8;1-2/h3-5H,2,6H2,1H3,(H,11,12);1-2H3. The van der Waals surface area contributed by atoms with Gasteiger partial charge in [0.1, 0.15) is 0 Å². The summed E-state index contributed by atoms with van der Waals surface area (Å²) in [5.74, 6) is 0.641. The van der Waals surface area contributed by atoms with Crippen molar-refractivity contribution in [2.75, 3.05) is 11.1 Å². The zero-order chi connectivity index (χ0) is 11.3. The van der Waals surface area contributed by atoms with Crippen LogP contribution in [0.15, 0.2) is 23.1 Å². The van der Waals surface area contributed by atoms with Crippen LogP contribution in [0.5, 0.6) is 0 Å². The van der Waals surface area contributed by atoms with Gasteiger partial charge < -0.3 is 5.32 Å². The predicted octanol–water partition coefficient (Wildman–Crippen LogP) is 3.32. The van der Waals surface area contributed by atoms with Gasteiger partial charge in [0.05, 0.1) is 11.4 Å². The number of nitrogens with one attached hydrogen (secondary N) is 1. The molecule has 0 spiro atoms. The largest absolute Gasteiger partial charge is 0.324 e. The molecule has 15 heavy (non-hydrogen) atoms. The molecule has 0 saturated heterocycles. The number of amides is 1. The summed E-state index contributed by atoms with van der Waals surface area (Å²) in [5.41, 5.74) is 2.28. The van der Waals surface area contributed by atoms with Crippen molar-refractivity contribution in [2.45, 2.75) is 32.1 Å². The van der Waals surface area contributed by atoms with E-state index in [1.807, 2.05) is 19.9 Å². The molecule has 0 aromatic heterocycles. The molecule has 2 rings (SSSR count). The van der Waals surface area contributed by atoms with Crippen LogP contribution in [-0.4, -0.2) is 11.7 Å². The van der Waals surface area contributed by atoms with E-state index in [4.69, 9.17) is 0 Å². The van der Waals surface area contributed by atoms with Crippen LogP contribution in [0.25, 0.3) is 0 Å². The molecule has 3 heteroatoms. The summed E-state index contributed by atoms with van der Waals surface area (Å²) in [6, 6.07) is 6.20. The molecule has 1 aromatic carbocycles. The van der Waals surface area contributed by atoms with E-state index in [2.05, 4.69) is 24.4 Å². The van der Waals surface area contributed by atoms with Crippen molar-refractivity contribution in [1.82, 2.24) is 0 Å². The number of benzene rings is 1. The molecule has 0 saturated carbocycles. The van der Waals surface area contributed by atoms with E-state index >= 15 is 0 Å². The Balaban J connectivity index is 0.000000531. The fourth-order valence-corrected chi connectivity index (χ4v) is 2.21. The average Bonchev–Trinajstić information content (AvgIpc) is 2.31. The molecule has 1 aliphatic heterocycles. The number of hydrogen-bond acceptors (Lipinski definition) is 2. The lowest BCUT2D eigenvalue weighted by molar-refractivity contribution is -0.113. The molecular weight excluding hydrogens is 206 g/mol. The third kappa shape index (κ3) is 2.99. The normalized spacial score (nSPS) is 13.4. The van der Waals surface area contributed by atoms with E-state index < -0.39 is 0 Å². The highest BCUT2D eigenvalue weighted by molar-refractivity contribution is 8.00. The summed E-state index contributed by atoms with van der Waals surface area (Å²) >= 11 is 1.61. The van der Waals surface area contributed by atoms with E-state index in [0.29, 0.717) is 5.75 Å². The summed E-state index contributed by atoms with van der Waals surface area (Å²) in [6.45, 7) is 6.13. The van der Waals surface area contributed by atoms with Gasteiger partial charge in [-0.05, 0) is 24.1 Å². The Morgan fingerprint density at radius 2 is 2.13 bits per heavy atom. The third-order valence-corrected chi connectivity index (χ3v) is 3.14. The van der Waals surface area contributed by atoms with E-state index in [0.717, 1.165) is 12.1 Å². The van der Waals surface area contributed by atoms with Crippen LogP contribution in [0.3, 0.4) is 0 Å². The molecule has 0 atom stereocenters. The van der Waals surface area contributed by atoms with Gasteiger partial charge >= 0.3 is 0 Å². The summed E-state index contributed by atoms with van der Waals surface area (Å²) in [6.07, 6.45) is 1.04. The third-order valence-electron chi connectivity index (χ3n) is 2.09. The zero-order valence-electron chi connectivity index (χ0n) is 9.46. The van der Waals surface area contributed by atoms with Gasteiger partial charge in [0, 0.05) is 4.90 Å². The van der Waals surface area contributed by atoms with Crippen molar-refractivity contribution < 1.29 is 4.79 Å². The summed E-state index contributed by atoms with van der Waals surface area (Å²) < 4.78 is 0. The van der Waals surface area contributed by atoms with E-state index in [1.165, 1.54) is 10.5 Å². The molecule has 0 aliphatic carbocycles. The number of fused-ring (bicyclic) bond motifs is 1. The van der Waals surface area contributed by atoms with Crippen molar-refractivity contribution in [3.8, 4) is 0 Å². The van der Waals surface area contributed by atoms with E-state index in [1.54, 1.807) is 11.8 Å². The number of hydrogen-bond donors (Lipinski definition) is 1. The molecule has 0 unspecified atom stereocenters. The maximum absolute atomic E-state index is 11.0. The summed E-state index contributed by atoms with van der Waals surface area (Å²) in [4.78, 5) is 12.2. The van der Waals surface area contributed by atoms with Crippen molar-refractivity contribution in [3.05, 3.63) is 23.8 Å². The van der Waals surface area contributed by atoms with Crippen molar-refractivity contribution in [1.29, 1.82) is 0 Å². The van der Waals surface area contributed by atoms with Crippen molar-refractivity contribution in [2.24, 2.45) is 0 Å². The number of thioether (sulfide) groups is 1. The summed E-state index contributed by atoms with van der Waals surface area (Å²) in [7, 11) is 0. The Bertz CT molecular complexity index is 349. The second-order valence-electron chi connectivity index (χ2n) is 3.02. The van der Waals surface area contributed by atoms with Crippen LogP contribution in [0, 0.1) is 0 Å². The van der Waals surface area contributed by atoms with Gasteiger partial charge in [-0.25, -0.2) is 0 Å². The first-order valence-electron chi connectivity index (χ1n) is 5.35. The maximum Gasteiger partial charge on any atom is 0.234 e. The number of anilines is 1. The molecular formula is C12H17NOS. The Kier molecular flexibility index (Phi) is 4.69. The minimum Gasteiger partial charge on any atom is -0.324 e. The zero-order valence-corrected chi connectivity index (χ0v) is 10.3. The Morgan fingerprint density at radius 1 is 1.40 bits per heavy atom. The fourth-order valence-electron chi connectivity index (χ4n) is 1.34. The summed E-state index contributed by atoms with van der Waals surface area (Å²) in [5, 5.41) is 2.85. The quantitative estimate of drug-likeness (QED) is 0.791. The van der Waals surface area contributed by atoms with Crippen LogP contribution in [-0.2, 0) is 11.2 Å². The van der Waals surface area contributed by atoms with Gasteiger partial charge in [-0.2, -0.15) is 0 Å². The second-order valence-corrected chi connectivity index (χ2v) is 4.04. The molecule has 1 aliphatic rings. The number of carbonyl (C=O) groups is 1. The molecule has 1 N–H and O–H groups in total. The van der Waals surface area contributed by atoms with Gasteiger partial charge in [0.25, 0.3) is 0 Å². The Labute approximate surface area is 95.5 Å². The SMILES string of the molecule is CC.CCc1ccc2c(c1)SCC(=O)N2. The van der Waals surface area contributed by atoms with Gasteiger partial charge in [-0.15, -0.1) is 11.8 Å². The highest BCUT2D eigenvalue weighted by Crippen LogP contribution is 2.31. The molecule has 0 bridgehead atoms. The van der Waals surface area contributed by atoms with Gasteiger partial charge in [-0.3, -0.25) is 4.79 Å². The minimum absolute atomic E-state index is 0.0988. The predicted molar refractivity (Wildman–Crippen MR) is 66.5 cm³/mol. The number of rotatable bonds is 1. The fraction of sp³-hybridized carbons (Fsp3) is 0.417. The van der Waals surface area contributed by atoms with Gasteiger partial charge in [0.2, 0.25) is 5.91 Å². The van der Waals surface area contributed by atoms with Crippen LogP contribution in [0.1, 0.15) is 26.3 Å². The molecule has 1 heterocycles. The lowest BCUT2D eigenvalue weighted by Gasteiger charge is -2.16. The Hall–Kier alpha value is -0.960. The molecule has 2 nitrogen and oxygen atoms in total. The number of aryl methyl sites for hydroxylation is 1. The minimum atomic E-state index is 0.0988. The number of carbonyl (C=O) groups excluding carboxylic acids is 1. The highest BCUT2D eigenvalue weighted by Gasteiger charge is 2.14. The first-order valence-corrected chi connectivity index (χ1v) is 6.33. The highest BCUT2D eigenvalue weighted by atomic mass is 32.2. The van der Waals surface area contributed by atoms with Crippen molar-refractivity contribution in [3.63, 3.8) is 0 Å². The van der Waals surface area contributed by atoms with Crippen LogP contribution in [0.2, 0.25) is 0 Å². The van der Waals surface area contributed by atoms with E-state index in [-0.39, 0.29) is 5.91 Å². The first kappa shape index (κ1) is 12.1. The second kappa shape index (κ2) is 5.81.